The Morgan fingerprint density at radius 1 is 1.35 bits per heavy atom. The number of aryl methyl sites for hydroxylation is 1. The van der Waals surface area contributed by atoms with Gasteiger partial charge >= 0.3 is 5.97 Å². The van der Waals surface area contributed by atoms with Gasteiger partial charge in [0.25, 0.3) is 0 Å². The minimum absolute atomic E-state index is 0.172. The number of thiophene rings is 1. The monoisotopic (exact) mass is 366 g/mol. The molecule has 0 aliphatic carbocycles. The molecule has 0 radical (unpaired) electrons. The van der Waals surface area contributed by atoms with Gasteiger partial charge in [-0.3, -0.25) is 4.98 Å². The lowest BCUT2D eigenvalue weighted by Gasteiger charge is -2.13. The summed E-state index contributed by atoms with van der Waals surface area (Å²) in [6, 6.07) is 12.1. The molecule has 1 aliphatic heterocycles. The number of fused-ring (bicyclic) bond motifs is 1. The first-order valence-corrected chi connectivity index (χ1v) is 9.18. The van der Waals surface area contributed by atoms with E-state index in [1.54, 1.807) is 17.5 Å². The number of anilines is 1. The normalized spacial score (nSPS) is 15.3. The molecule has 0 saturated heterocycles. The van der Waals surface area contributed by atoms with Gasteiger partial charge in [-0.15, -0.1) is 11.3 Å². The van der Waals surface area contributed by atoms with E-state index in [0.29, 0.717) is 18.8 Å². The second-order valence-corrected chi connectivity index (χ2v) is 7.57. The van der Waals surface area contributed by atoms with E-state index in [1.807, 2.05) is 0 Å². The van der Waals surface area contributed by atoms with Crippen LogP contribution >= 0.6 is 11.3 Å². The second-order valence-electron chi connectivity index (χ2n) is 6.28. The molecule has 4 rings (SSSR count). The fourth-order valence-electron chi connectivity index (χ4n) is 3.14. The number of ether oxygens (including phenoxy) is 1. The van der Waals surface area contributed by atoms with Crippen molar-refractivity contribution in [2.45, 2.75) is 12.8 Å². The quantitative estimate of drug-likeness (QED) is 0.700. The molecule has 3 aromatic rings. The van der Waals surface area contributed by atoms with E-state index in [1.165, 1.54) is 22.0 Å². The van der Waals surface area contributed by atoms with Crippen LogP contribution < -0.4 is 10.1 Å². The number of pyridine rings is 1. The summed E-state index contributed by atoms with van der Waals surface area (Å²) in [5.41, 5.74) is 3.06. The summed E-state index contributed by atoms with van der Waals surface area (Å²) >= 11 is 1.77. The fourth-order valence-corrected chi connectivity index (χ4v) is 4.01. The van der Waals surface area contributed by atoms with Gasteiger partial charge in [-0.1, -0.05) is 12.1 Å². The highest BCUT2D eigenvalue weighted by molar-refractivity contribution is 7.15. The van der Waals surface area contributed by atoms with Crippen molar-refractivity contribution in [3.63, 3.8) is 0 Å². The zero-order valence-electron chi connectivity index (χ0n) is 14.2. The zero-order chi connectivity index (χ0) is 18.1. The SMILES string of the molecule is Cc1ccc(-c2ccc3c(c2)OC[C@@H]3CNc2cnccc2C(=O)O)s1. The van der Waals surface area contributed by atoms with E-state index in [2.05, 4.69) is 47.6 Å². The van der Waals surface area contributed by atoms with Crippen LogP contribution in [0.25, 0.3) is 10.4 Å². The van der Waals surface area contributed by atoms with Crippen molar-refractivity contribution >= 4 is 23.0 Å². The predicted octanol–water partition coefficient (Wildman–Crippen LogP) is 4.40. The molecule has 1 aliphatic rings. The van der Waals surface area contributed by atoms with Crippen LogP contribution in [0.1, 0.15) is 26.7 Å². The highest BCUT2D eigenvalue weighted by Crippen LogP contribution is 2.38. The van der Waals surface area contributed by atoms with E-state index in [-0.39, 0.29) is 11.5 Å². The largest absolute Gasteiger partial charge is 0.493 e. The van der Waals surface area contributed by atoms with E-state index >= 15 is 0 Å². The van der Waals surface area contributed by atoms with Gasteiger partial charge in [0.05, 0.1) is 24.1 Å². The van der Waals surface area contributed by atoms with Gasteiger partial charge in [-0.2, -0.15) is 0 Å². The summed E-state index contributed by atoms with van der Waals surface area (Å²) in [6.07, 6.45) is 3.03. The summed E-state index contributed by atoms with van der Waals surface area (Å²) in [7, 11) is 0. The third-order valence-electron chi connectivity index (χ3n) is 4.51. The van der Waals surface area contributed by atoms with Crippen LogP contribution in [0.4, 0.5) is 5.69 Å². The Morgan fingerprint density at radius 3 is 3.00 bits per heavy atom. The van der Waals surface area contributed by atoms with Crippen LogP contribution in [-0.4, -0.2) is 29.2 Å². The van der Waals surface area contributed by atoms with Crippen LogP contribution in [0.15, 0.2) is 48.8 Å². The standard InChI is InChI=1S/C20H18N2O3S/c1-12-2-5-19(26-12)13-3-4-15-14(11-25-18(15)8-13)9-22-17-10-21-7-6-16(17)20(23)24/h2-8,10,14,22H,9,11H2,1H3,(H,23,24)/t14-/m0/s1. The fraction of sp³-hybridized carbons (Fsp3) is 0.200. The van der Waals surface area contributed by atoms with Gasteiger partial charge in [-0.05, 0) is 36.8 Å². The van der Waals surface area contributed by atoms with Gasteiger partial charge in [0.15, 0.2) is 0 Å². The summed E-state index contributed by atoms with van der Waals surface area (Å²) in [5, 5.41) is 12.5. The predicted molar refractivity (Wildman–Crippen MR) is 102 cm³/mol. The first kappa shape index (κ1) is 16.6. The molecule has 0 saturated carbocycles. The van der Waals surface area contributed by atoms with E-state index in [0.717, 1.165) is 16.9 Å². The van der Waals surface area contributed by atoms with Crippen molar-refractivity contribution in [3.05, 3.63) is 64.8 Å². The number of carboxylic acids is 1. The Balaban J connectivity index is 1.51. The highest BCUT2D eigenvalue weighted by Gasteiger charge is 2.25. The number of hydrogen-bond acceptors (Lipinski definition) is 5. The summed E-state index contributed by atoms with van der Waals surface area (Å²) in [6.45, 7) is 3.28. The molecular weight excluding hydrogens is 348 g/mol. The van der Waals surface area contributed by atoms with Crippen LogP contribution in [0.2, 0.25) is 0 Å². The molecular formula is C20H18N2O3S. The van der Waals surface area contributed by atoms with Gasteiger partial charge in [0.2, 0.25) is 0 Å². The van der Waals surface area contributed by atoms with Crippen molar-refractivity contribution in [2.75, 3.05) is 18.5 Å². The highest BCUT2D eigenvalue weighted by atomic mass is 32.1. The molecule has 2 N–H and O–H groups in total. The van der Waals surface area contributed by atoms with Crippen LogP contribution in [0.3, 0.4) is 0 Å². The molecule has 1 atom stereocenters. The van der Waals surface area contributed by atoms with Crippen molar-refractivity contribution in [1.29, 1.82) is 0 Å². The van der Waals surface area contributed by atoms with E-state index < -0.39 is 5.97 Å². The second kappa shape index (κ2) is 6.80. The van der Waals surface area contributed by atoms with Crippen molar-refractivity contribution in [2.24, 2.45) is 0 Å². The minimum Gasteiger partial charge on any atom is -0.493 e. The lowest BCUT2D eigenvalue weighted by molar-refractivity contribution is 0.0698. The molecule has 2 aromatic heterocycles. The van der Waals surface area contributed by atoms with Crippen molar-refractivity contribution in [3.8, 4) is 16.2 Å². The number of aromatic carboxylic acids is 1. The number of benzene rings is 1. The molecule has 26 heavy (non-hydrogen) atoms. The molecule has 6 heteroatoms. The summed E-state index contributed by atoms with van der Waals surface area (Å²) in [4.78, 5) is 17.8. The Labute approximate surface area is 155 Å². The topological polar surface area (TPSA) is 71.5 Å². The molecule has 132 valence electrons. The molecule has 5 nitrogen and oxygen atoms in total. The van der Waals surface area contributed by atoms with Crippen LogP contribution in [0.5, 0.6) is 5.75 Å². The third-order valence-corrected chi connectivity index (χ3v) is 5.56. The average Bonchev–Trinajstić information content (AvgIpc) is 3.25. The van der Waals surface area contributed by atoms with Gasteiger partial charge in [0.1, 0.15) is 5.75 Å². The third kappa shape index (κ3) is 3.15. The number of nitrogens with one attached hydrogen (secondary N) is 1. The average molecular weight is 366 g/mol. The minimum atomic E-state index is -0.964. The Morgan fingerprint density at radius 2 is 2.23 bits per heavy atom. The van der Waals surface area contributed by atoms with Crippen LogP contribution in [0, 0.1) is 6.92 Å². The number of hydrogen-bond donors (Lipinski definition) is 2. The van der Waals surface area contributed by atoms with Crippen molar-refractivity contribution in [1.82, 2.24) is 4.98 Å². The Bertz CT molecular complexity index is 967. The first-order chi connectivity index (χ1) is 12.6. The summed E-state index contributed by atoms with van der Waals surface area (Å²) < 4.78 is 5.88. The van der Waals surface area contributed by atoms with Crippen molar-refractivity contribution < 1.29 is 14.6 Å². The van der Waals surface area contributed by atoms with Gasteiger partial charge in [-0.25, -0.2) is 4.79 Å². The zero-order valence-corrected chi connectivity index (χ0v) is 15.0. The number of nitrogens with zero attached hydrogens (tertiary/aromatic N) is 1. The molecule has 1 aromatic carbocycles. The lowest BCUT2D eigenvalue weighted by atomic mass is 9.99. The first-order valence-electron chi connectivity index (χ1n) is 8.36. The molecule has 0 unspecified atom stereocenters. The molecule has 0 bridgehead atoms. The molecule has 0 spiro atoms. The molecule has 0 fully saturated rings. The van der Waals surface area contributed by atoms with E-state index in [9.17, 15) is 9.90 Å². The Kier molecular flexibility index (Phi) is 4.34. The lowest BCUT2D eigenvalue weighted by Crippen LogP contribution is -2.16. The number of aromatic nitrogens is 1. The van der Waals surface area contributed by atoms with Gasteiger partial charge in [0, 0.05) is 34.0 Å². The van der Waals surface area contributed by atoms with E-state index in [4.69, 9.17) is 4.74 Å². The maximum absolute atomic E-state index is 11.3. The maximum Gasteiger partial charge on any atom is 0.337 e. The van der Waals surface area contributed by atoms with Crippen LogP contribution in [-0.2, 0) is 0 Å². The number of rotatable bonds is 5. The number of carboxylic acid groups (broad SMARTS) is 1. The number of carbonyl (C=O) groups is 1. The Hall–Kier alpha value is -2.86. The molecule has 0 amide bonds. The van der Waals surface area contributed by atoms with Gasteiger partial charge < -0.3 is 15.2 Å². The summed E-state index contributed by atoms with van der Waals surface area (Å²) in [5.74, 6) is 0.116. The molecule has 3 heterocycles. The smallest absolute Gasteiger partial charge is 0.337 e. The maximum atomic E-state index is 11.3.